The number of rotatable bonds is 5. The van der Waals surface area contributed by atoms with Gasteiger partial charge in [0.2, 0.25) is 4.96 Å². The zero-order valence-corrected chi connectivity index (χ0v) is 12.1. The van der Waals surface area contributed by atoms with Crippen LogP contribution in [0.1, 0.15) is 26.5 Å². The average molecular weight is 282 g/mol. The molecule has 0 bridgehead atoms. The summed E-state index contributed by atoms with van der Waals surface area (Å²) in [7, 11) is 0. The minimum absolute atomic E-state index is 0.166. The van der Waals surface area contributed by atoms with Gasteiger partial charge in [-0.05, 0) is 20.4 Å². The van der Waals surface area contributed by atoms with E-state index in [9.17, 15) is 9.90 Å². The molecular weight excluding hydrogens is 264 g/mol. The highest BCUT2D eigenvalue weighted by Crippen LogP contribution is 2.09. The van der Waals surface area contributed by atoms with Crippen LogP contribution in [0.25, 0.3) is 4.96 Å². The second-order valence-electron chi connectivity index (χ2n) is 5.13. The van der Waals surface area contributed by atoms with Gasteiger partial charge in [-0.3, -0.25) is 9.69 Å². The number of aliphatic hydroxyl groups is 1. The molecule has 0 atom stereocenters. The molecule has 0 aliphatic heterocycles. The molecule has 0 saturated heterocycles. The van der Waals surface area contributed by atoms with Gasteiger partial charge < -0.3 is 5.11 Å². The van der Waals surface area contributed by atoms with Gasteiger partial charge in [-0.2, -0.15) is 9.61 Å². The van der Waals surface area contributed by atoms with Crippen LogP contribution in [-0.4, -0.2) is 43.3 Å². The van der Waals surface area contributed by atoms with Gasteiger partial charge in [0.05, 0.1) is 11.3 Å². The van der Waals surface area contributed by atoms with Gasteiger partial charge in [-0.1, -0.05) is 18.3 Å². The van der Waals surface area contributed by atoms with E-state index in [-0.39, 0.29) is 5.56 Å². The van der Waals surface area contributed by atoms with E-state index in [0.29, 0.717) is 23.7 Å². The fourth-order valence-electron chi connectivity index (χ4n) is 1.94. The summed E-state index contributed by atoms with van der Waals surface area (Å²) in [6.45, 7) is 7.42. The van der Waals surface area contributed by atoms with Crippen molar-refractivity contribution in [2.45, 2.75) is 32.9 Å². The molecule has 7 heteroatoms. The number of fused-ring (bicyclic) bond motifs is 1. The van der Waals surface area contributed by atoms with Crippen LogP contribution in [0.4, 0.5) is 0 Å². The van der Waals surface area contributed by atoms with E-state index >= 15 is 0 Å². The Morgan fingerprint density at radius 3 is 2.89 bits per heavy atom. The smallest absolute Gasteiger partial charge is 0.275 e. The molecule has 6 nitrogen and oxygen atoms in total. The first-order valence-corrected chi connectivity index (χ1v) is 7.04. The van der Waals surface area contributed by atoms with Crippen molar-refractivity contribution in [3.05, 3.63) is 27.6 Å². The van der Waals surface area contributed by atoms with Crippen LogP contribution in [-0.2, 0) is 6.54 Å². The molecule has 0 amide bonds. The van der Waals surface area contributed by atoms with E-state index in [4.69, 9.17) is 0 Å². The SMILES string of the molecule is CCN(Cc1cc(=O)n2ncsc2n1)CC(C)(C)O. The molecule has 1 N–H and O–H groups in total. The Hall–Kier alpha value is -1.31. The van der Waals surface area contributed by atoms with Crippen molar-refractivity contribution in [1.29, 1.82) is 0 Å². The minimum atomic E-state index is -0.764. The Labute approximate surface area is 115 Å². The monoisotopic (exact) mass is 282 g/mol. The third-order valence-electron chi connectivity index (χ3n) is 2.68. The largest absolute Gasteiger partial charge is 0.389 e. The Balaban J connectivity index is 2.22. The molecule has 0 aromatic carbocycles. The summed E-state index contributed by atoms with van der Waals surface area (Å²) >= 11 is 1.34. The third-order valence-corrected chi connectivity index (χ3v) is 3.36. The van der Waals surface area contributed by atoms with Crippen molar-refractivity contribution in [2.24, 2.45) is 0 Å². The van der Waals surface area contributed by atoms with Crippen LogP contribution in [0, 0.1) is 0 Å². The number of aromatic nitrogens is 3. The van der Waals surface area contributed by atoms with E-state index in [2.05, 4.69) is 15.0 Å². The van der Waals surface area contributed by atoms with Crippen LogP contribution in [0.5, 0.6) is 0 Å². The van der Waals surface area contributed by atoms with Crippen molar-refractivity contribution >= 4 is 16.3 Å². The van der Waals surface area contributed by atoms with Crippen LogP contribution in [0.2, 0.25) is 0 Å². The second-order valence-corrected chi connectivity index (χ2v) is 5.95. The molecule has 2 aromatic rings. The summed E-state index contributed by atoms with van der Waals surface area (Å²) in [5.74, 6) is 0. The lowest BCUT2D eigenvalue weighted by Crippen LogP contribution is -2.38. The molecule has 0 radical (unpaired) electrons. The second kappa shape index (κ2) is 5.36. The van der Waals surface area contributed by atoms with E-state index in [1.807, 2.05) is 6.92 Å². The van der Waals surface area contributed by atoms with Gasteiger partial charge >= 0.3 is 0 Å². The van der Waals surface area contributed by atoms with Crippen molar-refractivity contribution in [2.75, 3.05) is 13.1 Å². The summed E-state index contributed by atoms with van der Waals surface area (Å²) in [6.07, 6.45) is 0. The summed E-state index contributed by atoms with van der Waals surface area (Å²) in [5.41, 5.74) is 1.38. The number of hydrogen-bond donors (Lipinski definition) is 1. The Morgan fingerprint density at radius 2 is 2.26 bits per heavy atom. The molecule has 0 aliphatic carbocycles. The molecular formula is C12H18N4O2S. The van der Waals surface area contributed by atoms with Gasteiger partial charge in [0.1, 0.15) is 5.51 Å². The van der Waals surface area contributed by atoms with Crippen molar-refractivity contribution in [1.82, 2.24) is 19.5 Å². The first-order valence-electron chi connectivity index (χ1n) is 6.16. The Morgan fingerprint density at radius 1 is 1.53 bits per heavy atom. The Bertz CT molecular complexity index is 614. The van der Waals surface area contributed by atoms with Gasteiger partial charge in [-0.25, -0.2) is 4.98 Å². The molecule has 2 rings (SSSR count). The molecule has 19 heavy (non-hydrogen) atoms. The molecule has 0 aliphatic rings. The summed E-state index contributed by atoms with van der Waals surface area (Å²) < 4.78 is 1.29. The third kappa shape index (κ3) is 3.59. The highest BCUT2D eigenvalue weighted by atomic mass is 32.1. The predicted molar refractivity (Wildman–Crippen MR) is 74.4 cm³/mol. The van der Waals surface area contributed by atoms with Gasteiger partial charge in [-0.15, -0.1) is 0 Å². The lowest BCUT2D eigenvalue weighted by Gasteiger charge is -2.27. The highest BCUT2D eigenvalue weighted by Gasteiger charge is 2.18. The first-order chi connectivity index (χ1) is 8.89. The summed E-state index contributed by atoms with van der Waals surface area (Å²) in [5, 5.41) is 13.8. The molecule has 2 heterocycles. The summed E-state index contributed by atoms with van der Waals surface area (Å²) in [6, 6.07) is 1.50. The molecule has 0 fully saturated rings. The zero-order chi connectivity index (χ0) is 14.0. The topological polar surface area (TPSA) is 70.7 Å². The maximum atomic E-state index is 11.8. The van der Waals surface area contributed by atoms with Gasteiger partial charge in [0.25, 0.3) is 5.56 Å². The standard InChI is InChI=1S/C12H18N4O2S/c1-4-15(7-12(2,3)18)6-9-5-10(17)16-11(14-9)19-8-13-16/h5,8,18H,4,6-7H2,1-3H3. The fraction of sp³-hybridized carbons (Fsp3) is 0.583. The minimum Gasteiger partial charge on any atom is -0.389 e. The lowest BCUT2D eigenvalue weighted by molar-refractivity contribution is 0.0350. The fourth-order valence-corrected chi connectivity index (χ4v) is 2.58. The van der Waals surface area contributed by atoms with Crippen molar-refractivity contribution in [3.63, 3.8) is 0 Å². The van der Waals surface area contributed by atoms with Crippen LogP contribution < -0.4 is 5.56 Å². The quantitative estimate of drug-likeness (QED) is 0.876. The average Bonchev–Trinajstić information content (AvgIpc) is 2.74. The molecule has 0 unspecified atom stereocenters. The molecule has 0 saturated carbocycles. The van der Waals surface area contributed by atoms with Crippen LogP contribution in [0.15, 0.2) is 16.4 Å². The maximum absolute atomic E-state index is 11.8. The molecule has 2 aromatic heterocycles. The predicted octanol–water partition coefficient (Wildman–Crippen LogP) is 0.744. The van der Waals surface area contributed by atoms with E-state index in [1.165, 1.54) is 21.9 Å². The number of likely N-dealkylation sites (N-methyl/N-ethyl adjacent to an activating group) is 1. The normalized spacial score (nSPS) is 12.5. The molecule has 104 valence electrons. The summed E-state index contributed by atoms with van der Waals surface area (Å²) in [4.78, 5) is 18.9. The zero-order valence-electron chi connectivity index (χ0n) is 11.3. The van der Waals surface area contributed by atoms with Crippen LogP contribution in [0.3, 0.4) is 0 Å². The number of nitrogens with zero attached hydrogens (tertiary/aromatic N) is 4. The van der Waals surface area contributed by atoms with Crippen LogP contribution >= 0.6 is 11.3 Å². The van der Waals surface area contributed by atoms with E-state index in [1.54, 1.807) is 19.4 Å². The van der Waals surface area contributed by atoms with E-state index in [0.717, 1.165) is 6.54 Å². The van der Waals surface area contributed by atoms with Crippen molar-refractivity contribution in [3.8, 4) is 0 Å². The molecule has 0 spiro atoms. The lowest BCUT2D eigenvalue weighted by atomic mass is 10.1. The maximum Gasteiger partial charge on any atom is 0.275 e. The van der Waals surface area contributed by atoms with E-state index < -0.39 is 5.60 Å². The van der Waals surface area contributed by atoms with Crippen molar-refractivity contribution < 1.29 is 5.11 Å². The Kier molecular flexibility index (Phi) is 3.98. The van der Waals surface area contributed by atoms with Gasteiger partial charge in [0.15, 0.2) is 0 Å². The first kappa shape index (κ1) is 14.1. The highest BCUT2D eigenvalue weighted by molar-refractivity contribution is 7.14. The number of hydrogen-bond acceptors (Lipinski definition) is 6. The van der Waals surface area contributed by atoms with Gasteiger partial charge in [0, 0.05) is 19.2 Å².